The maximum atomic E-state index is 4.18. The molecule has 0 fully saturated rings. The van der Waals surface area contributed by atoms with Crippen LogP contribution in [0.2, 0.25) is 0 Å². The summed E-state index contributed by atoms with van der Waals surface area (Å²) in [4.78, 5) is 2.12. The highest BCUT2D eigenvalue weighted by molar-refractivity contribution is 5.46. The van der Waals surface area contributed by atoms with Crippen LogP contribution in [0.3, 0.4) is 0 Å². The first-order chi connectivity index (χ1) is 9.56. The second-order valence-electron chi connectivity index (χ2n) is 5.43. The highest BCUT2D eigenvalue weighted by Gasteiger charge is 2.05. The molecule has 0 radical (unpaired) electrons. The number of nitrogens with one attached hydrogen (secondary N) is 1. The number of rotatable bonds is 6. The van der Waals surface area contributed by atoms with E-state index < -0.39 is 0 Å². The first kappa shape index (κ1) is 14.6. The average Bonchev–Trinajstić information content (AvgIpc) is 2.84. The van der Waals surface area contributed by atoms with Crippen LogP contribution in [0, 0.1) is 0 Å². The van der Waals surface area contributed by atoms with Crippen molar-refractivity contribution in [2.45, 2.75) is 19.4 Å². The van der Waals surface area contributed by atoms with Gasteiger partial charge in [-0.3, -0.25) is 4.68 Å². The van der Waals surface area contributed by atoms with Gasteiger partial charge in [-0.25, -0.2) is 0 Å². The van der Waals surface area contributed by atoms with Crippen LogP contribution >= 0.6 is 0 Å². The molecule has 0 amide bonds. The van der Waals surface area contributed by atoms with Gasteiger partial charge >= 0.3 is 0 Å². The van der Waals surface area contributed by atoms with E-state index in [9.17, 15) is 0 Å². The Morgan fingerprint density at radius 1 is 1.25 bits per heavy atom. The topological polar surface area (TPSA) is 33.1 Å². The third-order valence-corrected chi connectivity index (χ3v) is 3.53. The van der Waals surface area contributed by atoms with Crippen molar-refractivity contribution < 1.29 is 0 Å². The number of nitrogens with zero attached hydrogens (tertiary/aromatic N) is 3. The van der Waals surface area contributed by atoms with Gasteiger partial charge in [0.1, 0.15) is 0 Å². The molecule has 0 saturated heterocycles. The zero-order valence-corrected chi connectivity index (χ0v) is 12.8. The Morgan fingerprint density at radius 3 is 2.50 bits per heavy atom. The molecule has 0 aliphatic rings. The monoisotopic (exact) mass is 272 g/mol. The highest BCUT2D eigenvalue weighted by atomic mass is 15.2. The molecule has 1 N–H and O–H groups in total. The van der Waals surface area contributed by atoms with Crippen LogP contribution < -0.4 is 10.2 Å². The molecule has 108 valence electrons. The molecule has 1 unspecified atom stereocenters. The maximum Gasteiger partial charge on any atom is 0.0522 e. The number of hydrogen-bond acceptors (Lipinski definition) is 3. The number of anilines is 1. The first-order valence-corrected chi connectivity index (χ1v) is 7.04. The molecule has 1 heterocycles. The summed E-state index contributed by atoms with van der Waals surface area (Å²) in [5.41, 5.74) is 3.83. The Kier molecular flexibility index (Phi) is 4.79. The lowest BCUT2D eigenvalue weighted by Gasteiger charge is -2.17. The molecule has 20 heavy (non-hydrogen) atoms. The van der Waals surface area contributed by atoms with Gasteiger partial charge in [-0.1, -0.05) is 12.1 Å². The molecule has 0 bridgehead atoms. The van der Waals surface area contributed by atoms with Crippen molar-refractivity contribution in [1.29, 1.82) is 0 Å². The van der Waals surface area contributed by atoms with Crippen LogP contribution in [0.25, 0.3) is 0 Å². The molecular formula is C16H24N4. The van der Waals surface area contributed by atoms with Gasteiger partial charge in [0.15, 0.2) is 0 Å². The van der Waals surface area contributed by atoms with E-state index in [0.717, 1.165) is 13.0 Å². The Hall–Kier alpha value is -1.81. The Morgan fingerprint density at radius 2 is 1.95 bits per heavy atom. The fraction of sp³-hybridized carbons (Fsp3) is 0.438. The predicted molar refractivity (Wildman–Crippen MR) is 84.1 cm³/mol. The minimum atomic E-state index is 0.364. The summed E-state index contributed by atoms with van der Waals surface area (Å²) in [6, 6.07) is 9.07. The molecule has 0 saturated carbocycles. The summed E-state index contributed by atoms with van der Waals surface area (Å²) in [6.07, 6.45) is 5.00. The van der Waals surface area contributed by atoms with E-state index in [0.29, 0.717) is 6.04 Å². The summed E-state index contributed by atoms with van der Waals surface area (Å²) in [5.74, 6) is 0. The van der Waals surface area contributed by atoms with Crippen LogP contribution in [0.1, 0.15) is 24.1 Å². The Bertz CT molecular complexity index is 528. The highest BCUT2D eigenvalue weighted by Crippen LogP contribution is 2.17. The molecule has 0 aliphatic carbocycles. The molecule has 0 aliphatic heterocycles. The molecule has 2 rings (SSSR count). The van der Waals surface area contributed by atoms with Gasteiger partial charge in [0.25, 0.3) is 0 Å². The summed E-state index contributed by atoms with van der Waals surface area (Å²) in [6.45, 7) is 3.16. The van der Waals surface area contributed by atoms with Gasteiger partial charge in [-0.2, -0.15) is 5.10 Å². The summed E-state index contributed by atoms with van der Waals surface area (Å²) in [5, 5.41) is 7.74. The molecule has 1 aromatic heterocycles. The van der Waals surface area contributed by atoms with E-state index >= 15 is 0 Å². The number of hydrogen-bond donors (Lipinski definition) is 1. The SMILES string of the molecule is CC(NCCc1cnn(C)c1)c1ccc(N(C)C)cc1. The van der Waals surface area contributed by atoms with Gasteiger partial charge in [0.2, 0.25) is 0 Å². The standard InChI is InChI=1S/C16H24N4/c1-13(15-5-7-16(8-6-15)19(2)3)17-10-9-14-11-18-20(4)12-14/h5-8,11-13,17H,9-10H2,1-4H3. The van der Waals surface area contributed by atoms with Crippen LogP contribution in [0.4, 0.5) is 5.69 Å². The van der Waals surface area contributed by atoms with Gasteiger partial charge in [0, 0.05) is 39.1 Å². The van der Waals surface area contributed by atoms with Gasteiger partial charge < -0.3 is 10.2 Å². The van der Waals surface area contributed by atoms with Crippen molar-refractivity contribution in [3.05, 3.63) is 47.8 Å². The second kappa shape index (κ2) is 6.57. The lowest BCUT2D eigenvalue weighted by Crippen LogP contribution is -2.21. The molecule has 1 atom stereocenters. The molecule has 0 spiro atoms. The predicted octanol–water partition coefficient (Wildman–Crippen LogP) is 2.38. The number of aryl methyl sites for hydroxylation is 1. The van der Waals surface area contributed by atoms with E-state index in [1.54, 1.807) is 0 Å². The van der Waals surface area contributed by atoms with E-state index in [-0.39, 0.29) is 0 Å². The van der Waals surface area contributed by atoms with Crippen molar-refractivity contribution in [2.75, 3.05) is 25.5 Å². The third-order valence-electron chi connectivity index (χ3n) is 3.53. The fourth-order valence-corrected chi connectivity index (χ4v) is 2.21. The molecule has 2 aromatic rings. The molecule has 4 nitrogen and oxygen atoms in total. The second-order valence-corrected chi connectivity index (χ2v) is 5.43. The normalized spacial score (nSPS) is 12.4. The smallest absolute Gasteiger partial charge is 0.0522 e. The van der Waals surface area contributed by atoms with Gasteiger partial charge in [-0.05, 0) is 43.1 Å². The van der Waals surface area contributed by atoms with E-state index in [1.807, 2.05) is 17.9 Å². The van der Waals surface area contributed by atoms with Crippen molar-refractivity contribution in [1.82, 2.24) is 15.1 Å². The van der Waals surface area contributed by atoms with Crippen molar-refractivity contribution in [2.24, 2.45) is 7.05 Å². The minimum absolute atomic E-state index is 0.364. The molecular weight excluding hydrogens is 248 g/mol. The quantitative estimate of drug-likeness (QED) is 0.876. The fourth-order valence-electron chi connectivity index (χ4n) is 2.21. The zero-order valence-electron chi connectivity index (χ0n) is 12.8. The van der Waals surface area contributed by atoms with Crippen LogP contribution in [0.5, 0.6) is 0 Å². The zero-order chi connectivity index (χ0) is 14.5. The van der Waals surface area contributed by atoms with Gasteiger partial charge in [0.05, 0.1) is 6.20 Å². The van der Waals surface area contributed by atoms with E-state index in [4.69, 9.17) is 0 Å². The number of benzene rings is 1. The van der Waals surface area contributed by atoms with Crippen LogP contribution in [-0.2, 0) is 13.5 Å². The van der Waals surface area contributed by atoms with Crippen molar-refractivity contribution >= 4 is 5.69 Å². The van der Waals surface area contributed by atoms with Crippen LogP contribution in [0.15, 0.2) is 36.7 Å². The van der Waals surface area contributed by atoms with Crippen molar-refractivity contribution in [3.63, 3.8) is 0 Å². The maximum absolute atomic E-state index is 4.18. The first-order valence-electron chi connectivity index (χ1n) is 7.04. The summed E-state index contributed by atoms with van der Waals surface area (Å²) >= 11 is 0. The average molecular weight is 272 g/mol. The lowest BCUT2D eigenvalue weighted by atomic mass is 10.1. The third kappa shape index (κ3) is 3.84. The Balaban J connectivity index is 1.83. The minimum Gasteiger partial charge on any atom is -0.378 e. The summed E-state index contributed by atoms with van der Waals surface area (Å²) < 4.78 is 1.85. The molecule has 1 aromatic carbocycles. The van der Waals surface area contributed by atoms with Gasteiger partial charge in [-0.15, -0.1) is 0 Å². The van der Waals surface area contributed by atoms with Crippen molar-refractivity contribution in [3.8, 4) is 0 Å². The van der Waals surface area contributed by atoms with E-state index in [1.165, 1.54) is 16.8 Å². The Labute approximate surface area is 121 Å². The summed E-state index contributed by atoms with van der Waals surface area (Å²) in [7, 11) is 6.07. The largest absolute Gasteiger partial charge is 0.378 e. The lowest BCUT2D eigenvalue weighted by molar-refractivity contribution is 0.577. The van der Waals surface area contributed by atoms with Crippen LogP contribution in [-0.4, -0.2) is 30.4 Å². The molecule has 4 heteroatoms. The van der Waals surface area contributed by atoms with E-state index in [2.05, 4.69) is 66.8 Å². The number of aromatic nitrogens is 2.